The van der Waals surface area contributed by atoms with Crippen molar-refractivity contribution in [1.29, 1.82) is 0 Å². The van der Waals surface area contributed by atoms with Crippen LogP contribution in [0.25, 0.3) is 0 Å². The average molecular weight is 180 g/mol. The van der Waals surface area contributed by atoms with Crippen LogP contribution in [0.5, 0.6) is 0 Å². The molecule has 0 amide bonds. The average Bonchev–Trinajstić information content (AvgIpc) is 2.16. The van der Waals surface area contributed by atoms with Crippen molar-refractivity contribution in [2.45, 2.75) is 19.8 Å². The summed E-state index contributed by atoms with van der Waals surface area (Å²) in [5.41, 5.74) is 0. The monoisotopic (exact) mass is 180 g/mol. The highest BCUT2D eigenvalue weighted by Gasteiger charge is 1.85. The van der Waals surface area contributed by atoms with Gasteiger partial charge in [0.05, 0.1) is 7.11 Å². The van der Waals surface area contributed by atoms with Gasteiger partial charge in [-0.3, -0.25) is 0 Å². The Morgan fingerprint density at radius 1 is 1.23 bits per heavy atom. The minimum atomic E-state index is -0.325. The van der Waals surface area contributed by atoms with E-state index in [-0.39, 0.29) is 5.97 Å². The number of methoxy groups -OCH3 is 1. The van der Waals surface area contributed by atoms with Crippen LogP contribution in [-0.2, 0) is 9.53 Å². The van der Waals surface area contributed by atoms with E-state index in [1.54, 1.807) is 6.08 Å². The van der Waals surface area contributed by atoms with E-state index in [4.69, 9.17) is 0 Å². The Hall–Kier alpha value is -1.31. The van der Waals surface area contributed by atoms with Crippen LogP contribution in [-0.4, -0.2) is 13.1 Å². The fourth-order valence-electron chi connectivity index (χ4n) is 0.701. The number of esters is 1. The van der Waals surface area contributed by atoms with Crippen molar-refractivity contribution in [1.82, 2.24) is 0 Å². The molecule has 0 aliphatic rings. The van der Waals surface area contributed by atoms with Gasteiger partial charge in [-0.15, -0.1) is 0 Å². The lowest BCUT2D eigenvalue weighted by molar-refractivity contribution is -0.134. The molecule has 0 heterocycles. The number of hydrogen-bond acceptors (Lipinski definition) is 2. The summed E-state index contributed by atoms with van der Waals surface area (Å²) >= 11 is 0. The summed E-state index contributed by atoms with van der Waals surface area (Å²) in [5, 5.41) is 0. The molecule has 0 aliphatic heterocycles. The van der Waals surface area contributed by atoms with Crippen LogP contribution in [0.3, 0.4) is 0 Å². The smallest absolute Gasteiger partial charge is 0.330 e. The summed E-state index contributed by atoms with van der Waals surface area (Å²) in [7, 11) is 1.36. The largest absolute Gasteiger partial charge is 0.466 e. The Labute approximate surface area is 79.6 Å². The zero-order valence-corrected chi connectivity index (χ0v) is 8.19. The highest BCUT2D eigenvalue weighted by atomic mass is 16.5. The first kappa shape index (κ1) is 11.7. The Balaban J connectivity index is 3.57. The van der Waals surface area contributed by atoms with Crippen molar-refractivity contribution in [2.75, 3.05) is 7.11 Å². The fraction of sp³-hybridized carbons (Fsp3) is 0.364. The lowest BCUT2D eigenvalue weighted by Gasteiger charge is -1.86. The topological polar surface area (TPSA) is 26.3 Å². The number of ether oxygens (including phenoxy) is 1. The molecule has 0 rings (SSSR count). The predicted molar refractivity (Wildman–Crippen MR) is 54.3 cm³/mol. The van der Waals surface area contributed by atoms with Gasteiger partial charge in [-0.05, 0) is 12.8 Å². The van der Waals surface area contributed by atoms with E-state index >= 15 is 0 Å². The summed E-state index contributed by atoms with van der Waals surface area (Å²) in [6.45, 7) is 2.09. The number of hydrogen-bond donors (Lipinski definition) is 0. The van der Waals surface area contributed by atoms with Crippen LogP contribution in [0.2, 0.25) is 0 Å². The molecule has 0 spiro atoms. The molecular weight excluding hydrogens is 164 g/mol. The highest BCUT2D eigenvalue weighted by molar-refractivity contribution is 5.82. The first-order valence-corrected chi connectivity index (χ1v) is 4.37. The fourth-order valence-corrected chi connectivity index (χ4v) is 0.701. The third kappa shape index (κ3) is 8.60. The molecule has 13 heavy (non-hydrogen) atoms. The van der Waals surface area contributed by atoms with Crippen LogP contribution in [0, 0.1) is 0 Å². The van der Waals surface area contributed by atoms with Gasteiger partial charge in [-0.2, -0.15) is 0 Å². The van der Waals surface area contributed by atoms with Gasteiger partial charge in [-0.1, -0.05) is 37.3 Å². The molecule has 0 aromatic heterocycles. The Kier molecular flexibility index (Phi) is 7.90. The minimum Gasteiger partial charge on any atom is -0.466 e. The number of carbonyl (C=O) groups excluding carboxylic acids is 1. The Morgan fingerprint density at radius 2 is 2.00 bits per heavy atom. The Morgan fingerprint density at radius 3 is 2.62 bits per heavy atom. The molecular formula is C11H16O2. The molecule has 0 saturated carbocycles. The van der Waals surface area contributed by atoms with E-state index < -0.39 is 0 Å². The van der Waals surface area contributed by atoms with E-state index in [9.17, 15) is 4.79 Å². The van der Waals surface area contributed by atoms with Gasteiger partial charge < -0.3 is 4.74 Å². The van der Waals surface area contributed by atoms with E-state index in [2.05, 4.69) is 23.8 Å². The lowest BCUT2D eigenvalue weighted by Crippen LogP contribution is -1.92. The first-order valence-electron chi connectivity index (χ1n) is 4.37. The maximum Gasteiger partial charge on any atom is 0.330 e. The van der Waals surface area contributed by atoms with Gasteiger partial charge in [0.1, 0.15) is 0 Å². The van der Waals surface area contributed by atoms with Crippen molar-refractivity contribution in [3.63, 3.8) is 0 Å². The summed E-state index contributed by atoms with van der Waals surface area (Å²) in [4.78, 5) is 10.6. The van der Waals surface area contributed by atoms with E-state index in [0.29, 0.717) is 0 Å². The molecule has 0 saturated heterocycles. The maximum absolute atomic E-state index is 10.6. The van der Waals surface area contributed by atoms with Crippen molar-refractivity contribution in [2.24, 2.45) is 0 Å². The third-order valence-corrected chi connectivity index (χ3v) is 1.36. The van der Waals surface area contributed by atoms with Crippen LogP contribution in [0.4, 0.5) is 0 Å². The standard InChI is InChI=1S/C11H16O2/c1-3-4-5-6-7-8-9-10-11(12)13-2/h4-5,7-10H,3,6H2,1-2H3/b5-4-,8-7-,10-9+. The van der Waals surface area contributed by atoms with Crippen molar-refractivity contribution >= 4 is 5.97 Å². The molecule has 0 atom stereocenters. The molecule has 0 aromatic rings. The van der Waals surface area contributed by atoms with Gasteiger partial charge in [0.15, 0.2) is 0 Å². The summed E-state index contributed by atoms with van der Waals surface area (Å²) in [6, 6.07) is 0. The van der Waals surface area contributed by atoms with E-state index in [1.165, 1.54) is 13.2 Å². The number of allylic oxidation sites excluding steroid dienone is 5. The third-order valence-electron chi connectivity index (χ3n) is 1.36. The first-order chi connectivity index (χ1) is 6.31. The summed E-state index contributed by atoms with van der Waals surface area (Å²) in [6.07, 6.45) is 13.0. The number of rotatable bonds is 5. The molecule has 72 valence electrons. The van der Waals surface area contributed by atoms with Crippen molar-refractivity contribution < 1.29 is 9.53 Å². The zero-order chi connectivity index (χ0) is 9.94. The summed E-state index contributed by atoms with van der Waals surface area (Å²) < 4.78 is 4.42. The molecule has 2 nitrogen and oxygen atoms in total. The van der Waals surface area contributed by atoms with Gasteiger partial charge >= 0.3 is 5.97 Å². The van der Waals surface area contributed by atoms with Crippen molar-refractivity contribution in [3.8, 4) is 0 Å². The lowest BCUT2D eigenvalue weighted by atomic mass is 10.3. The van der Waals surface area contributed by atoms with Crippen LogP contribution >= 0.6 is 0 Å². The SMILES string of the molecule is CC/C=C\C/C=C\C=C\C(=O)OC. The Bertz CT molecular complexity index is 212. The second-order valence-electron chi connectivity index (χ2n) is 2.43. The summed E-state index contributed by atoms with van der Waals surface area (Å²) in [5.74, 6) is -0.325. The highest BCUT2D eigenvalue weighted by Crippen LogP contribution is 1.89. The van der Waals surface area contributed by atoms with Crippen LogP contribution in [0.15, 0.2) is 36.5 Å². The normalized spacial score (nSPS) is 11.8. The van der Waals surface area contributed by atoms with Crippen LogP contribution in [0.1, 0.15) is 19.8 Å². The maximum atomic E-state index is 10.6. The molecule has 0 bridgehead atoms. The molecule has 0 aromatic carbocycles. The zero-order valence-electron chi connectivity index (χ0n) is 8.19. The van der Waals surface area contributed by atoms with Gasteiger partial charge in [0, 0.05) is 6.08 Å². The van der Waals surface area contributed by atoms with Gasteiger partial charge in [0.2, 0.25) is 0 Å². The quantitative estimate of drug-likeness (QED) is 0.281. The second kappa shape index (κ2) is 8.78. The molecule has 0 aliphatic carbocycles. The number of carbonyl (C=O) groups is 1. The van der Waals surface area contributed by atoms with Crippen molar-refractivity contribution in [3.05, 3.63) is 36.5 Å². The molecule has 0 fully saturated rings. The predicted octanol–water partition coefficient (Wildman–Crippen LogP) is 2.63. The van der Waals surface area contributed by atoms with Crippen LogP contribution < -0.4 is 0 Å². The molecule has 2 heteroatoms. The second-order valence-corrected chi connectivity index (χ2v) is 2.43. The van der Waals surface area contributed by atoms with Gasteiger partial charge in [0.25, 0.3) is 0 Å². The van der Waals surface area contributed by atoms with Gasteiger partial charge in [-0.25, -0.2) is 4.79 Å². The van der Waals surface area contributed by atoms with E-state index in [0.717, 1.165) is 12.8 Å². The molecule has 0 N–H and O–H groups in total. The minimum absolute atomic E-state index is 0.325. The van der Waals surface area contributed by atoms with E-state index in [1.807, 2.05) is 12.2 Å². The molecule has 0 radical (unpaired) electrons. The molecule has 0 unspecified atom stereocenters.